The van der Waals surface area contributed by atoms with Crippen molar-refractivity contribution < 1.29 is 0 Å². The van der Waals surface area contributed by atoms with Crippen molar-refractivity contribution >= 4 is 34.9 Å². The predicted molar refractivity (Wildman–Crippen MR) is 75.5 cm³/mol. The van der Waals surface area contributed by atoms with Gasteiger partial charge in [0.1, 0.15) is 0 Å². The standard InChI is InChI=1S/C13H10ClN3S/c14-9-4-5-12-11(7-9)16-13(18)17(12)8-10-3-1-2-6-15-10/h1-7H,8H2,(H,16,18). The molecular formula is C13H10ClN3S. The van der Waals surface area contributed by atoms with E-state index in [1.54, 1.807) is 6.20 Å². The Kier molecular flexibility index (Phi) is 2.89. The number of imidazole rings is 1. The molecule has 90 valence electrons. The average Bonchev–Trinajstić information content (AvgIpc) is 2.66. The molecule has 0 amide bonds. The molecule has 0 atom stereocenters. The van der Waals surface area contributed by atoms with E-state index in [1.165, 1.54) is 0 Å². The highest BCUT2D eigenvalue weighted by Crippen LogP contribution is 2.19. The maximum Gasteiger partial charge on any atom is 0.178 e. The molecule has 2 heterocycles. The Morgan fingerprint density at radius 1 is 1.28 bits per heavy atom. The Morgan fingerprint density at radius 3 is 2.94 bits per heavy atom. The van der Waals surface area contributed by atoms with E-state index >= 15 is 0 Å². The quantitative estimate of drug-likeness (QED) is 0.722. The van der Waals surface area contributed by atoms with Crippen LogP contribution in [0.1, 0.15) is 5.69 Å². The Balaban J connectivity index is 2.12. The van der Waals surface area contributed by atoms with Gasteiger partial charge in [0.05, 0.1) is 23.3 Å². The molecule has 0 fully saturated rings. The molecule has 0 aliphatic rings. The maximum absolute atomic E-state index is 5.96. The third-order valence-corrected chi connectivity index (χ3v) is 3.34. The fourth-order valence-electron chi connectivity index (χ4n) is 1.95. The third-order valence-electron chi connectivity index (χ3n) is 2.78. The number of halogens is 1. The van der Waals surface area contributed by atoms with Gasteiger partial charge < -0.3 is 9.55 Å². The van der Waals surface area contributed by atoms with E-state index in [2.05, 4.69) is 9.97 Å². The average molecular weight is 276 g/mol. The summed E-state index contributed by atoms with van der Waals surface area (Å²) in [6.07, 6.45) is 1.78. The normalized spacial score (nSPS) is 10.9. The van der Waals surface area contributed by atoms with Crippen LogP contribution < -0.4 is 0 Å². The molecule has 0 unspecified atom stereocenters. The van der Waals surface area contributed by atoms with Gasteiger partial charge in [-0.3, -0.25) is 4.98 Å². The van der Waals surface area contributed by atoms with Gasteiger partial charge in [-0.15, -0.1) is 0 Å². The van der Waals surface area contributed by atoms with Crippen LogP contribution in [0.3, 0.4) is 0 Å². The van der Waals surface area contributed by atoms with E-state index in [4.69, 9.17) is 23.8 Å². The highest BCUT2D eigenvalue weighted by molar-refractivity contribution is 7.71. The summed E-state index contributed by atoms with van der Waals surface area (Å²) in [4.78, 5) is 7.47. The van der Waals surface area contributed by atoms with Gasteiger partial charge >= 0.3 is 0 Å². The van der Waals surface area contributed by atoms with Crippen molar-refractivity contribution in [3.05, 3.63) is 58.1 Å². The van der Waals surface area contributed by atoms with Crippen molar-refractivity contribution in [2.75, 3.05) is 0 Å². The van der Waals surface area contributed by atoms with E-state index < -0.39 is 0 Å². The van der Waals surface area contributed by atoms with Crippen molar-refractivity contribution in [2.24, 2.45) is 0 Å². The van der Waals surface area contributed by atoms with Crippen LogP contribution in [0.15, 0.2) is 42.6 Å². The molecule has 0 aliphatic heterocycles. The molecule has 0 spiro atoms. The van der Waals surface area contributed by atoms with Crippen LogP contribution in [0.2, 0.25) is 5.02 Å². The van der Waals surface area contributed by atoms with Gasteiger partial charge in [0.2, 0.25) is 0 Å². The highest BCUT2D eigenvalue weighted by atomic mass is 35.5. The summed E-state index contributed by atoms with van der Waals surface area (Å²) in [6, 6.07) is 11.6. The summed E-state index contributed by atoms with van der Waals surface area (Å²) >= 11 is 11.3. The van der Waals surface area contributed by atoms with Crippen LogP contribution in [-0.4, -0.2) is 14.5 Å². The minimum atomic E-state index is 0.654. The van der Waals surface area contributed by atoms with Gasteiger partial charge in [-0.1, -0.05) is 17.7 Å². The second kappa shape index (κ2) is 4.55. The number of pyridine rings is 1. The van der Waals surface area contributed by atoms with Crippen molar-refractivity contribution in [3.63, 3.8) is 0 Å². The summed E-state index contributed by atoms with van der Waals surface area (Å²) in [5.74, 6) is 0. The predicted octanol–water partition coefficient (Wildman–Crippen LogP) is 3.80. The van der Waals surface area contributed by atoms with Crippen molar-refractivity contribution in [1.82, 2.24) is 14.5 Å². The maximum atomic E-state index is 5.96. The number of nitrogens with one attached hydrogen (secondary N) is 1. The van der Waals surface area contributed by atoms with Crippen LogP contribution in [0.5, 0.6) is 0 Å². The van der Waals surface area contributed by atoms with Crippen LogP contribution in [0.4, 0.5) is 0 Å². The number of hydrogen-bond donors (Lipinski definition) is 1. The SMILES string of the molecule is S=c1[nH]c2cc(Cl)ccc2n1Cc1ccccn1. The van der Waals surface area contributed by atoms with Gasteiger partial charge in [-0.2, -0.15) is 0 Å². The molecule has 3 aromatic rings. The Bertz CT molecular complexity index is 746. The van der Waals surface area contributed by atoms with Crippen molar-refractivity contribution in [3.8, 4) is 0 Å². The molecule has 0 aliphatic carbocycles. The monoisotopic (exact) mass is 275 g/mol. The second-order valence-electron chi connectivity index (χ2n) is 4.00. The summed E-state index contributed by atoms with van der Waals surface area (Å²) < 4.78 is 2.70. The molecule has 2 aromatic heterocycles. The van der Waals surface area contributed by atoms with Crippen molar-refractivity contribution in [2.45, 2.75) is 6.54 Å². The number of H-pyrrole nitrogens is 1. The molecule has 0 radical (unpaired) electrons. The number of nitrogens with zero attached hydrogens (tertiary/aromatic N) is 2. The van der Waals surface area contributed by atoms with Gasteiger partial charge in [-0.05, 0) is 42.5 Å². The Labute approximate surface area is 114 Å². The van der Waals surface area contributed by atoms with E-state index in [-0.39, 0.29) is 0 Å². The molecule has 3 nitrogen and oxygen atoms in total. The van der Waals surface area contributed by atoms with Crippen LogP contribution in [-0.2, 0) is 6.54 Å². The molecule has 0 saturated heterocycles. The first kappa shape index (κ1) is 11.4. The lowest BCUT2D eigenvalue weighted by atomic mass is 10.3. The van der Waals surface area contributed by atoms with E-state index in [0.717, 1.165) is 16.7 Å². The number of aromatic nitrogens is 3. The van der Waals surface area contributed by atoms with Crippen LogP contribution in [0, 0.1) is 4.77 Å². The fourth-order valence-corrected chi connectivity index (χ4v) is 2.39. The van der Waals surface area contributed by atoms with Gasteiger partial charge in [0.25, 0.3) is 0 Å². The number of fused-ring (bicyclic) bond motifs is 1. The summed E-state index contributed by atoms with van der Waals surface area (Å²) in [7, 11) is 0. The minimum absolute atomic E-state index is 0.654. The molecule has 0 bridgehead atoms. The summed E-state index contributed by atoms with van der Waals surface area (Å²) in [6.45, 7) is 0.654. The van der Waals surface area contributed by atoms with Gasteiger partial charge in [0, 0.05) is 11.2 Å². The first-order chi connectivity index (χ1) is 8.74. The van der Waals surface area contributed by atoms with E-state index in [0.29, 0.717) is 16.3 Å². The van der Waals surface area contributed by atoms with Crippen LogP contribution >= 0.6 is 23.8 Å². The second-order valence-corrected chi connectivity index (χ2v) is 4.82. The van der Waals surface area contributed by atoms with Gasteiger partial charge in [-0.25, -0.2) is 0 Å². The topological polar surface area (TPSA) is 33.6 Å². The molecule has 0 saturated carbocycles. The summed E-state index contributed by atoms with van der Waals surface area (Å²) in [5, 5.41) is 0.698. The minimum Gasteiger partial charge on any atom is -0.331 e. The fraction of sp³-hybridized carbons (Fsp3) is 0.0769. The van der Waals surface area contributed by atoms with E-state index in [1.807, 2.05) is 41.0 Å². The Hall–Kier alpha value is -1.65. The number of benzene rings is 1. The number of aromatic amines is 1. The van der Waals surface area contributed by atoms with Gasteiger partial charge in [0.15, 0.2) is 4.77 Å². The molecular weight excluding hydrogens is 266 g/mol. The molecule has 1 aromatic carbocycles. The molecule has 1 N–H and O–H groups in total. The van der Waals surface area contributed by atoms with E-state index in [9.17, 15) is 0 Å². The summed E-state index contributed by atoms with van der Waals surface area (Å²) in [5.41, 5.74) is 2.96. The molecule has 5 heteroatoms. The number of hydrogen-bond acceptors (Lipinski definition) is 2. The highest BCUT2D eigenvalue weighted by Gasteiger charge is 2.05. The molecule has 3 rings (SSSR count). The molecule has 18 heavy (non-hydrogen) atoms. The first-order valence-electron chi connectivity index (χ1n) is 5.52. The smallest absolute Gasteiger partial charge is 0.178 e. The largest absolute Gasteiger partial charge is 0.331 e. The zero-order valence-corrected chi connectivity index (χ0v) is 11.0. The van der Waals surface area contributed by atoms with Crippen LogP contribution in [0.25, 0.3) is 11.0 Å². The lowest BCUT2D eigenvalue weighted by Gasteiger charge is -2.03. The Morgan fingerprint density at radius 2 is 2.17 bits per heavy atom. The zero-order valence-electron chi connectivity index (χ0n) is 9.43. The third kappa shape index (κ3) is 2.05. The van der Waals surface area contributed by atoms with Crippen molar-refractivity contribution in [1.29, 1.82) is 0 Å². The lowest BCUT2D eigenvalue weighted by Crippen LogP contribution is -2.01. The zero-order chi connectivity index (χ0) is 12.5. The lowest BCUT2D eigenvalue weighted by molar-refractivity contribution is 0.785. The first-order valence-corrected chi connectivity index (χ1v) is 6.30. The number of rotatable bonds is 2.